The van der Waals surface area contributed by atoms with Gasteiger partial charge in [-0.15, -0.1) is 0 Å². The number of aliphatic hydroxyl groups is 2. The molecule has 1 saturated carbocycles. The van der Waals surface area contributed by atoms with E-state index in [0.717, 1.165) is 24.2 Å². The monoisotopic (exact) mass is 448 g/mol. The second kappa shape index (κ2) is 8.01. The molecule has 174 valence electrons. The molecule has 1 atom stereocenters. The SMILES string of the molecule is CC(C)c1ccc(C(O)(c2cncc(-c3noc(C4CC(O)C4)n3)c2)C2(C)CN(C)C2)cc1. The largest absolute Gasteiger partial charge is 0.393 e. The van der Waals surface area contributed by atoms with Gasteiger partial charge >= 0.3 is 0 Å². The number of benzene rings is 1. The van der Waals surface area contributed by atoms with Crippen LogP contribution in [-0.4, -0.2) is 56.5 Å². The topological polar surface area (TPSA) is 95.5 Å². The molecule has 0 spiro atoms. The molecule has 7 nitrogen and oxygen atoms in total. The van der Waals surface area contributed by atoms with E-state index < -0.39 is 5.60 Å². The fourth-order valence-corrected chi connectivity index (χ4v) is 5.41. The Hall–Kier alpha value is -2.61. The van der Waals surface area contributed by atoms with Crippen LogP contribution < -0.4 is 0 Å². The Morgan fingerprint density at radius 1 is 1.12 bits per heavy atom. The third-order valence-electron chi connectivity index (χ3n) is 7.42. The third kappa shape index (κ3) is 3.68. The predicted octanol–water partition coefficient (Wildman–Crippen LogP) is 3.68. The van der Waals surface area contributed by atoms with E-state index in [4.69, 9.17) is 4.52 Å². The van der Waals surface area contributed by atoms with Gasteiger partial charge in [-0.2, -0.15) is 4.98 Å². The van der Waals surface area contributed by atoms with Crippen molar-refractivity contribution in [3.8, 4) is 11.4 Å². The van der Waals surface area contributed by atoms with Gasteiger partial charge in [-0.25, -0.2) is 0 Å². The summed E-state index contributed by atoms with van der Waals surface area (Å²) in [4.78, 5) is 11.2. The molecule has 2 N–H and O–H groups in total. The zero-order chi connectivity index (χ0) is 23.4. The summed E-state index contributed by atoms with van der Waals surface area (Å²) in [7, 11) is 2.07. The van der Waals surface area contributed by atoms with Crippen LogP contribution in [0.5, 0.6) is 0 Å². The zero-order valence-electron chi connectivity index (χ0n) is 19.7. The Morgan fingerprint density at radius 2 is 1.82 bits per heavy atom. The smallest absolute Gasteiger partial charge is 0.230 e. The first-order valence-corrected chi connectivity index (χ1v) is 11.7. The van der Waals surface area contributed by atoms with Gasteiger partial charge in [0.15, 0.2) is 0 Å². The number of nitrogens with zero attached hydrogens (tertiary/aromatic N) is 4. The number of pyridine rings is 1. The molecule has 5 rings (SSSR count). The normalized spacial score (nSPS) is 24.2. The van der Waals surface area contributed by atoms with Crippen molar-refractivity contribution in [1.82, 2.24) is 20.0 Å². The van der Waals surface area contributed by atoms with E-state index in [9.17, 15) is 10.2 Å². The minimum Gasteiger partial charge on any atom is -0.393 e. The maximum atomic E-state index is 12.4. The van der Waals surface area contributed by atoms with Gasteiger partial charge in [-0.1, -0.05) is 50.2 Å². The molecule has 2 aliphatic rings. The number of aromatic nitrogens is 3. The van der Waals surface area contributed by atoms with Crippen molar-refractivity contribution in [3.63, 3.8) is 0 Å². The number of aliphatic hydroxyl groups excluding tert-OH is 1. The molecule has 0 amide bonds. The van der Waals surface area contributed by atoms with E-state index in [2.05, 4.69) is 60.0 Å². The average molecular weight is 449 g/mol. The van der Waals surface area contributed by atoms with Gasteiger partial charge in [0.2, 0.25) is 11.7 Å². The highest BCUT2D eigenvalue weighted by atomic mass is 16.5. The Labute approximate surface area is 194 Å². The first-order chi connectivity index (χ1) is 15.7. The summed E-state index contributed by atoms with van der Waals surface area (Å²) < 4.78 is 5.46. The van der Waals surface area contributed by atoms with E-state index in [1.807, 2.05) is 18.2 Å². The first-order valence-electron chi connectivity index (χ1n) is 11.7. The van der Waals surface area contributed by atoms with Crippen molar-refractivity contribution in [2.75, 3.05) is 20.1 Å². The van der Waals surface area contributed by atoms with Crippen molar-refractivity contribution < 1.29 is 14.7 Å². The molecule has 3 heterocycles. The average Bonchev–Trinajstić information content (AvgIpc) is 3.25. The van der Waals surface area contributed by atoms with Crippen LogP contribution in [0.2, 0.25) is 0 Å². The minimum absolute atomic E-state index is 0.109. The summed E-state index contributed by atoms with van der Waals surface area (Å²) in [6, 6.07) is 10.2. The molecule has 7 heteroatoms. The van der Waals surface area contributed by atoms with Gasteiger partial charge in [0.25, 0.3) is 0 Å². The fraction of sp³-hybridized carbons (Fsp3) is 0.500. The van der Waals surface area contributed by atoms with Crippen molar-refractivity contribution >= 4 is 0 Å². The standard InChI is InChI=1S/C26H32N4O3/c1-16(2)17-5-7-20(8-6-17)26(32,25(3)14-30(4)15-25)21-9-19(12-27-13-21)23-28-24(33-29-23)18-10-22(31)11-18/h5-9,12-13,16,18,22,31-32H,10-11,14-15H2,1-4H3. The van der Waals surface area contributed by atoms with Crippen LogP contribution in [0.3, 0.4) is 0 Å². The quantitative estimate of drug-likeness (QED) is 0.594. The summed E-state index contributed by atoms with van der Waals surface area (Å²) in [6.45, 7) is 8.01. The van der Waals surface area contributed by atoms with Crippen LogP contribution in [0.15, 0.2) is 47.2 Å². The van der Waals surface area contributed by atoms with Crippen LogP contribution in [0.4, 0.5) is 0 Å². The Balaban J connectivity index is 1.54. The molecular weight excluding hydrogens is 416 g/mol. The Morgan fingerprint density at radius 3 is 2.42 bits per heavy atom. The molecule has 3 aromatic rings. The summed E-state index contributed by atoms with van der Waals surface area (Å²) in [6.07, 6.45) is 4.46. The van der Waals surface area contributed by atoms with E-state index in [0.29, 0.717) is 36.0 Å². The highest BCUT2D eigenvalue weighted by Gasteiger charge is 2.55. The van der Waals surface area contributed by atoms with Gasteiger partial charge in [0.05, 0.1) is 6.10 Å². The van der Waals surface area contributed by atoms with Crippen molar-refractivity contribution in [2.45, 2.75) is 57.2 Å². The predicted molar refractivity (Wildman–Crippen MR) is 125 cm³/mol. The molecule has 1 aliphatic heterocycles. The molecule has 0 radical (unpaired) electrons. The molecular formula is C26H32N4O3. The fourth-order valence-electron chi connectivity index (χ4n) is 5.41. The zero-order valence-corrected chi connectivity index (χ0v) is 19.7. The number of likely N-dealkylation sites (tertiary alicyclic amines) is 1. The molecule has 1 aliphatic carbocycles. The maximum Gasteiger partial charge on any atom is 0.230 e. The lowest BCUT2D eigenvalue weighted by molar-refractivity contribution is -0.127. The van der Waals surface area contributed by atoms with Crippen LogP contribution in [0, 0.1) is 5.41 Å². The lowest BCUT2D eigenvalue weighted by atomic mass is 9.62. The summed E-state index contributed by atoms with van der Waals surface area (Å²) >= 11 is 0. The summed E-state index contributed by atoms with van der Waals surface area (Å²) in [5.41, 5.74) is 1.94. The first kappa shape index (κ1) is 22.2. The van der Waals surface area contributed by atoms with Gasteiger partial charge in [-0.05, 0) is 43.0 Å². The second-order valence-electron chi connectivity index (χ2n) is 10.5. The van der Waals surface area contributed by atoms with Crippen LogP contribution >= 0.6 is 0 Å². The van der Waals surface area contributed by atoms with Crippen LogP contribution in [-0.2, 0) is 5.60 Å². The molecule has 33 heavy (non-hydrogen) atoms. The van der Waals surface area contributed by atoms with Gasteiger partial charge in [0.1, 0.15) is 5.60 Å². The number of hydrogen-bond donors (Lipinski definition) is 2. The minimum atomic E-state index is -1.22. The number of rotatable bonds is 6. The van der Waals surface area contributed by atoms with E-state index in [1.54, 1.807) is 12.4 Å². The summed E-state index contributed by atoms with van der Waals surface area (Å²) in [5.74, 6) is 1.53. The Kier molecular flexibility index (Phi) is 5.39. The van der Waals surface area contributed by atoms with Gasteiger partial charge < -0.3 is 19.6 Å². The number of hydrogen-bond acceptors (Lipinski definition) is 7. The van der Waals surface area contributed by atoms with Crippen molar-refractivity contribution in [2.24, 2.45) is 5.41 Å². The lowest BCUT2D eigenvalue weighted by Crippen LogP contribution is -2.63. The molecule has 2 fully saturated rings. The van der Waals surface area contributed by atoms with E-state index in [-0.39, 0.29) is 17.4 Å². The molecule has 1 unspecified atom stereocenters. The third-order valence-corrected chi connectivity index (χ3v) is 7.42. The molecule has 1 saturated heterocycles. The second-order valence-corrected chi connectivity index (χ2v) is 10.5. The molecule has 0 bridgehead atoms. The highest BCUT2D eigenvalue weighted by Crippen LogP contribution is 2.50. The van der Waals surface area contributed by atoms with Gasteiger partial charge in [0, 0.05) is 47.9 Å². The summed E-state index contributed by atoms with van der Waals surface area (Å²) in [5, 5.41) is 26.1. The van der Waals surface area contributed by atoms with Crippen LogP contribution in [0.1, 0.15) is 68.0 Å². The lowest BCUT2D eigenvalue weighted by Gasteiger charge is -2.55. The highest BCUT2D eigenvalue weighted by molar-refractivity contribution is 5.56. The van der Waals surface area contributed by atoms with E-state index in [1.165, 1.54) is 5.56 Å². The maximum absolute atomic E-state index is 12.4. The van der Waals surface area contributed by atoms with Crippen LogP contribution in [0.25, 0.3) is 11.4 Å². The van der Waals surface area contributed by atoms with Gasteiger partial charge in [-0.3, -0.25) is 4.98 Å². The van der Waals surface area contributed by atoms with Crippen molar-refractivity contribution in [1.29, 1.82) is 0 Å². The van der Waals surface area contributed by atoms with E-state index >= 15 is 0 Å². The Bertz CT molecular complexity index is 1130. The molecule has 2 aromatic heterocycles. The molecule has 1 aromatic carbocycles. The van der Waals surface area contributed by atoms with Crippen molar-refractivity contribution in [3.05, 3.63) is 65.3 Å².